The normalized spacial score (nSPS) is 13.0. The van der Waals surface area contributed by atoms with Crippen LogP contribution in [0.4, 0.5) is 0 Å². The number of imide groups is 1. The molecule has 4 rings (SSSR count). The number of nitrogens with zero attached hydrogens (tertiary/aromatic N) is 2. The number of amides is 2. The Morgan fingerprint density at radius 1 is 0.941 bits per heavy atom. The Hall–Kier alpha value is -3.74. The Kier molecular flexibility index (Phi) is 6.63. The minimum atomic E-state index is -0.532. The van der Waals surface area contributed by atoms with Crippen molar-refractivity contribution in [2.75, 3.05) is 13.2 Å². The lowest BCUT2D eigenvalue weighted by Crippen LogP contribution is -2.41. The molecule has 2 aromatic carbocycles. The Labute approximate surface area is 198 Å². The van der Waals surface area contributed by atoms with Crippen LogP contribution in [0.5, 0.6) is 0 Å². The topological polar surface area (TPSA) is 85.7 Å². The van der Waals surface area contributed by atoms with Crippen LogP contribution in [0.1, 0.15) is 68.6 Å². The zero-order chi connectivity index (χ0) is 24.4. The number of hydrogen-bond acceptors (Lipinski definition) is 5. The van der Waals surface area contributed by atoms with E-state index in [-0.39, 0.29) is 43.6 Å². The number of aryl methyl sites for hydroxylation is 1. The summed E-state index contributed by atoms with van der Waals surface area (Å²) in [6, 6.07) is 12.6. The van der Waals surface area contributed by atoms with Crippen molar-refractivity contribution in [1.82, 2.24) is 9.47 Å². The number of hydrogen-bond donors (Lipinski definition) is 0. The number of ketones is 1. The van der Waals surface area contributed by atoms with E-state index in [0.29, 0.717) is 22.1 Å². The standard InChI is InChI=1S/C27H28N2O5/c1-4-13-28-17(2)15-22(18(28)3)23(30)16-34-24(31)12-7-14-29-26(32)20-10-5-8-19-9-6-11-21(25(19)20)27(29)33/h5-6,8-11,15H,4,7,12-14,16H2,1-3H3. The molecule has 7 nitrogen and oxygen atoms in total. The summed E-state index contributed by atoms with van der Waals surface area (Å²) < 4.78 is 7.27. The monoisotopic (exact) mass is 460 g/mol. The number of ether oxygens (including phenoxy) is 1. The molecule has 0 N–H and O–H groups in total. The molecule has 0 spiro atoms. The second kappa shape index (κ2) is 9.63. The van der Waals surface area contributed by atoms with Crippen LogP contribution >= 0.6 is 0 Å². The van der Waals surface area contributed by atoms with E-state index in [2.05, 4.69) is 11.5 Å². The third kappa shape index (κ3) is 4.25. The molecule has 1 aliphatic heterocycles. The second-order valence-electron chi connectivity index (χ2n) is 8.60. The highest BCUT2D eigenvalue weighted by atomic mass is 16.5. The summed E-state index contributed by atoms with van der Waals surface area (Å²) in [7, 11) is 0. The average molecular weight is 461 g/mol. The predicted molar refractivity (Wildman–Crippen MR) is 128 cm³/mol. The smallest absolute Gasteiger partial charge is 0.306 e. The van der Waals surface area contributed by atoms with Gasteiger partial charge < -0.3 is 9.30 Å². The minimum absolute atomic E-state index is 0.00500. The fourth-order valence-corrected chi connectivity index (χ4v) is 4.61. The van der Waals surface area contributed by atoms with E-state index in [0.717, 1.165) is 29.7 Å². The molecule has 0 saturated heterocycles. The molecule has 3 aromatic rings. The number of carbonyl (C=O) groups excluding carboxylic acids is 4. The number of rotatable bonds is 9. The maximum atomic E-state index is 12.9. The molecule has 0 aliphatic carbocycles. The highest BCUT2D eigenvalue weighted by molar-refractivity contribution is 6.25. The first-order valence-corrected chi connectivity index (χ1v) is 11.6. The Bertz CT molecular complexity index is 1250. The summed E-state index contributed by atoms with van der Waals surface area (Å²) in [6.07, 6.45) is 1.22. The lowest BCUT2D eigenvalue weighted by Gasteiger charge is -2.27. The van der Waals surface area contributed by atoms with Gasteiger partial charge in [-0.05, 0) is 50.3 Å². The maximum Gasteiger partial charge on any atom is 0.306 e. The molecule has 0 atom stereocenters. The molecule has 176 valence electrons. The molecule has 0 bridgehead atoms. The van der Waals surface area contributed by atoms with E-state index in [1.807, 2.05) is 32.0 Å². The molecule has 0 unspecified atom stereocenters. The number of carbonyl (C=O) groups is 4. The first kappa shape index (κ1) is 23.4. The lowest BCUT2D eigenvalue weighted by molar-refractivity contribution is -0.142. The van der Waals surface area contributed by atoms with Crippen molar-refractivity contribution in [1.29, 1.82) is 0 Å². The number of benzene rings is 2. The lowest BCUT2D eigenvalue weighted by atomic mass is 9.94. The van der Waals surface area contributed by atoms with Crippen LogP contribution in [0.25, 0.3) is 10.8 Å². The van der Waals surface area contributed by atoms with Crippen LogP contribution in [0, 0.1) is 13.8 Å². The largest absolute Gasteiger partial charge is 0.457 e. The van der Waals surface area contributed by atoms with Gasteiger partial charge in [0.1, 0.15) is 0 Å². The maximum absolute atomic E-state index is 12.9. The van der Waals surface area contributed by atoms with Crippen molar-refractivity contribution in [3.63, 3.8) is 0 Å². The molecule has 1 aliphatic rings. The Morgan fingerprint density at radius 3 is 2.21 bits per heavy atom. The first-order valence-electron chi connectivity index (χ1n) is 11.6. The molecule has 0 fully saturated rings. The van der Waals surface area contributed by atoms with E-state index >= 15 is 0 Å². The van der Waals surface area contributed by atoms with Crippen molar-refractivity contribution in [3.05, 3.63) is 70.5 Å². The van der Waals surface area contributed by atoms with Crippen LogP contribution in [0.15, 0.2) is 42.5 Å². The Balaban J connectivity index is 1.32. The third-order valence-electron chi connectivity index (χ3n) is 6.30. The summed E-state index contributed by atoms with van der Waals surface area (Å²) in [5.41, 5.74) is 3.42. The van der Waals surface area contributed by atoms with Crippen LogP contribution in [0.2, 0.25) is 0 Å². The fraction of sp³-hybridized carbons (Fsp3) is 0.333. The van der Waals surface area contributed by atoms with E-state index < -0.39 is 5.97 Å². The summed E-state index contributed by atoms with van der Waals surface area (Å²) in [4.78, 5) is 51.8. The third-order valence-corrected chi connectivity index (χ3v) is 6.30. The zero-order valence-corrected chi connectivity index (χ0v) is 19.7. The number of aromatic nitrogens is 1. The van der Waals surface area contributed by atoms with E-state index in [1.54, 1.807) is 24.3 Å². The summed E-state index contributed by atoms with van der Waals surface area (Å²) in [5, 5.41) is 1.52. The van der Waals surface area contributed by atoms with Crippen LogP contribution < -0.4 is 0 Å². The van der Waals surface area contributed by atoms with Gasteiger partial charge in [-0.2, -0.15) is 0 Å². The van der Waals surface area contributed by atoms with E-state index in [1.165, 1.54) is 4.90 Å². The molecule has 7 heteroatoms. The highest BCUT2D eigenvalue weighted by Crippen LogP contribution is 2.30. The van der Waals surface area contributed by atoms with Gasteiger partial charge in [0.15, 0.2) is 6.61 Å². The molecular formula is C27H28N2O5. The van der Waals surface area contributed by atoms with Gasteiger partial charge in [0.2, 0.25) is 5.78 Å². The molecule has 0 radical (unpaired) electrons. The van der Waals surface area contributed by atoms with Crippen molar-refractivity contribution in [2.45, 2.75) is 46.6 Å². The summed E-state index contributed by atoms with van der Waals surface area (Å²) in [5.74, 6) is -1.49. The highest BCUT2D eigenvalue weighted by Gasteiger charge is 2.32. The molecule has 1 aromatic heterocycles. The van der Waals surface area contributed by atoms with Crippen molar-refractivity contribution in [2.24, 2.45) is 0 Å². The second-order valence-corrected chi connectivity index (χ2v) is 8.60. The van der Waals surface area contributed by atoms with Crippen LogP contribution in [-0.4, -0.2) is 46.2 Å². The zero-order valence-electron chi connectivity index (χ0n) is 19.7. The first-order chi connectivity index (χ1) is 16.3. The molecule has 34 heavy (non-hydrogen) atoms. The van der Waals surface area contributed by atoms with Crippen molar-refractivity contribution < 1.29 is 23.9 Å². The van der Waals surface area contributed by atoms with Gasteiger partial charge in [-0.3, -0.25) is 24.1 Å². The predicted octanol–water partition coefficient (Wildman–Crippen LogP) is 4.47. The molecular weight excluding hydrogens is 432 g/mol. The molecule has 2 amide bonds. The molecule has 2 heterocycles. The Morgan fingerprint density at radius 2 is 1.59 bits per heavy atom. The van der Waals surface area contributed by atoms with Gasteiger partial charge in [0.25, 0.3) is 11.8 Å². The summed E-state index contributed by atoms with van der Waals surface area (Å²) >= 11 is 0. The molecule has 0 saturated carbocycles. The summed E-state index contributed by atoms with van der Waals surface area (Å²) in [6.45, 7) is 6.52. The van der Waals surface area contributed by atoms with Gasteiger partial charge in [-0.25, -0.2) is 0 Å². The van der Waals surface area contributed by atoms with Crippen LogP contribution in [0.3, 0.4) is 0 Å². The van der Waals surface area contributed by atoms with Crippen molar-refractivity contribution in [3.8, 4) is 0 Å². The van der Waals surface area contributed by atoms with Gasteiger partial charge >= 0.3 is 5.97 Å². The van der Waals surface area contributed by atoms with Gasteiger partial charge in [0.05, 0.1) is 0 Å². The number of Topliss-reactive ketones (excluding diaryl/α,β-unsaturated/α-hetero) is 1. The van der Waals surface area contributed by atoms with Gasteiger partial charge in [-0.1, -0.05) is 31.2 Å². The minimum Gasteiger partial charge on any atom is -0.457 e. The van der Waals surface area contributed by atoms with Crippen LogP contribution in [-0.2, 0) is 16.1 Å². The van der Waals surface area contributed by atoms with Gasteiger partial charge in [0, 0.05) is 53.0 Å². The average Bonchev–Trinajstić information content (AvgIpc) is 3.11. The SMILES string of the molecule is CCCn1c(C)cc(C(=O)COC(=O)CCCN2C(=O)c3cccc4cccc(c34)C2=O)c1C. The van der Waals surface area contributed by atoms with Gasteiger partial charge in [-0.15, -0.1) is 0 Å². The van der Waals surface area contributed by atoms with Crippen molar-refractivity contribution >= 4 is 34.3 Å². The quantitative estimate of drug-likeness (QED) is 0.267. The fourth-order valence-electron chi connectivity index (χ4n) is 4.61. The number of esters is 1. The van der Waals surface area contributed by atoms with E-state index in [9.17, 15) is 19.2 Å². The van der Waals surface area contributed by atoms with E-state index in [4.69, 9.17) is 4.74 Å².